The summed E-state index contributed by atoms with van der Waals surface area (Å²) in [4.78, 5) is 13.6. The molecule has 2 rings (SSSR count). The average molecular weight is 290 g/mol. The number of hydrogen-bond acceptors (Lipinski definition) is 6. The molecule has 0 saturated carbocycles. The van der Waals surface area contributed by atoms with Crippen molar-refractivity contribution in [2.24, 2.45) is 7.05 Å². The standard InChI is InChI=1S/C14H18N4O3/c1-4-20-12-7-6-10(8-13(12)21-5-2)11(19)9-14-15-17-18(3)16-14/h6-8H,4-5,9H2,1-3H3. The Morgan fingerprint density at radius 3 is 2.52 bits per heavy atom. The van der Waals surface area contributed by atoms with E-state index in [1.165, 1.54) is 4.80 Å². The van der Waals surface area contributed by atoms with Gasteiger partial charge in [0.2, 0.25) is 0 Å². The second-order valence-corrected chi connectivity index (χ2v) is 4.32. The van der Waals surface area contributed by atoms with Crippen molar-refractivity contribution in [3.63, 3.8) is 0 Å². The largest absolute Gasteiger partial charge is 0.490 e. The van der Waals surface area contributed by atoms with Gasteiger partial charge in [-0.2, -0.15) is 4.80 Å². The minimum atomic E-state index is -0.0907. The van der Waals surface area contributed by atoms with E-state index < -0.39 is 0 Å². The second-order valence-electron chi connectivity index (χ2n) is 4.32. The molecular formula is C14H18N4O3. The van der Waals surface area contributed by atoms with Crippen LogP contribution in [0.2, 0.25) is 0 Å². The Morgan fingerprint density at radius 2 is 1.90 bits per heavy atom. The number of benzene rings is 1. The molecule has 0 bridgehead atoms. The van der Waals surface area contributed by atoms with Crippen molar-refractivity contribution in [3.8, 4) is 11.5 Å². The molecule has 0 N–H and O–H groups in total. The Labute approximate surface area is 122 Å². The first-order chi connectivity index (χ1) is 10.1. The number of nitrogens with zero attached hydrogens (tertiary/aromatic N) is 4. The van der Waals surface area contributed by atoms with Gasteiger partial charge >= 0.3 is 0 Å². The Morgan fingerprint density at radius 1 is 1.19 bits per heavy atom. The van der Waals surface area contributed by atoms with E-state index in [1.807, 2.05) is 13.8 Å². The molecule has 1 aromatic heterocycles. The molecule has 112 valence electrons. The van der Waals surface area contributed by atoms with Gasteiger partial charge in [-0.15, -0.1) is 10.2 Å². The lowest BCUT2D eigenvalue weighted by Gasteiger charge is -2.11. The van der Waals surface area contributed by atoms with Gasteiger partial charge < -0.3 is 9.47 Å². The molecule has 0 amide bonds. The van der Waals surface area contributed by atoms with Crippen LogP contribution in [0.3, 0.4) is 0 Å². The highest BCUT2D eigenvalue weighted by Crippen LogP contribution is 2.28. The maximum Gasteiger partial charge on any atom is 0.182 e. The lowest BCUT2D eigenvalue weighted by atomic mass is 10.1. The molecule has 0 aliphatic rings. The monoisotopic (exact) mass is 290 g/mol. The summed E-state index contributed by atoms with van der Waals surface area (Å²) in [6, 6.07) is 5.14. The lowest BCUT2D eigenvalue weighted by Crippen LogP contribution is -2.07. The molecule has 2 aromatic rings. The smallest absolute Gasteiger partial charge is 0.182 e. The van der Waals surface area contributed by atoms with Crippen LogP contribution < -0.4 is 9.47 Å². The molecule has 0 saturated heterocycles. The average Bonchev–Trinajstić information content (AvgIpc) is 2.86. The maximum atomic E-state index is 12.2. The maximum absolute atomic E-state index is 12.2. The summed E-state index contributed by atoms with van der Waals surface area (Å²) in [6.07, 6.45) is 0.105. The summed E-state index contributed by atoms with van der Waals surface area (Å²) in [5.74, 6) is 1.51. The predicted octanol–water partition coefficient (Wildman–Crippen LogP) is 1.43. The number of ketones is 1. The quantitative estimate of drug-likeness (QED) is 0.718. The van der Waals surface area contributed by atoms with Crippen molar-refractivity contribution >= 4 is 5.78 Å². The number of hydrogen-bond donors (Lipinski definition) is 0. The SMILES string of the molecule is CCOc1ccc(C(=O)Cc2nnn(C)n2)cc1OCC. The van der Waals surface area contributed by atoms with E-state index in [9.17, 15) is 4.79 Å². The van der Waals surface area contributed by atoms with Crippen LogP contribution in [0.4, 0.5) is 0 Å². The number of tetrazole rings is 1. The first kappa shape index (κ1) is 15.0. The third-order valence-electron chi connectivity index (χ3n) is 2.73. The van der Waals surface area contributed by atoms with Crippen molar-refractivity contribution < 1.29 is 14.3 Å². The van der Waals surface area contributed by atoms with E-state index in [0.29, 0.717) is 36.1 Å². The molecule has 1 heterocycles. The summed E-state index contributed by atoms with van der Waals surface area (Å²) < 4.78 is 11.0. The molecule has 0 fully saturated rings. The second kappa shape index (κ2) is 6.83. The Balaban J connectivity index is 2.18. The zero-order valence-corrected chi connectivity index (χ0v) is 12.4. The van der Waals surface area contributed by atoms with Crippen molar-refractivity contribution in [3.05, 3.63) is 29.6 Å². The third-order valence-corrected chi connectivity index (χ3v) is 2.73. The van der Waals surface area contributed by atoms with Gasteiger partial charge in [-0.1, -0.05) is 0 Å². The molecule has 21 heavy (non-hydrogen) atoms. The van der Waals surface area contributed by atoms with Gasteiger partial charge in [-0.25, -0.2) is 0 Å². The number of carbonyl (C=O) groups excluding carboxylic acids is 1. The van der Waals surface area contributed by atoms with Crippen LogP contribution in [0.1, 0.15) is 30.0 Å². The summed E-state index contributed by atoms with van der Waals surface area (Å²) in [5, 5.41) is 11.5. The molecule has 0 radical (unpaired) electrons. The van der Waals surface area contributed by atoms with Crippen LogP contribution in [0.15, 0.2) is 18.2 Å². The number of aryl methyl sites for hydroxylation is 1. The molecular weight excluding hydrogens is 272 g/mol. The predicted molar refractivity (Wildman–Crippen MR) is 75.6 cm³/mol. The van der Waals surface area contributed by atoms with Crippen molar-refractivity contribution in [1.29, 1.82) is 0 Å². The summed E-state index contributed by atoms with van der Waals surface area (Å²) >= 11 is 0. The molecule has 0 spiro atoms. The van der Waals surface area contributed by atoms with E-state index in [2.05, 4.69) is 15.4 Å². The molecule has 0 aliphatic heterocycles. The highest BCUT2D eigenvalue weighted by molar-refractivity contribution is 5.97. The van der Waals surface area contributed by atoms with Crippen LogP contribution in [-0.2, 0) is 13.5 Å². The number of ether oxygens (including phenoxy) is 2. The van der Waals surface area contributed by atoms with Gasteiger partial charge in [-0.3, -0.25) is 4.79 Å². The molecule has 0 aliphatic carbocycles. The molecule has 0 atom stereocenters. The van der Waals surface area contributed by atoms with Crippen LogP contribution in [0.25, 0.3) is 0 Å². The van der Waals surface area contributed by atoms with Gasteiger partial charge in [0.1, 0.15) is 0 Å². The van der Waals surface area contributed by atoms with Gasteiger partial charge in [0, 0.05) is 5.56 Å². The fraction of sp³-hybridized carbons (Fsp3) is 0.429. The van der Waals surface area contributed by atoms with E-state index in [1.54, 1.807) is 25.2 Å². The number of Topliss-reactive ketones (excluding diaryl/α,β-unsaturated/α-hetero) is 1. The van der Waals surface area contributed by atoms with Crippen LogP contribution >= 0.6 is 0 Å². The van der Waals surface area contributed by atoms with Crippen LogP contribution in [-0.4, -0.2) is 39.2 Å². The Hall–Kier alpha value is -2.44. The lowest BCUT2D eigenvalue weighted by molar-refractivity contribution is 0.0990. The van der Waals surface area contributed by atoms with Crippen LogP contribution in [0, 0.1) is 0 Å². The minimum absolute atomic E-state index is 0.0907. The van der Waals surface area contributed by atoms with Crippen molar-refractivity contribution in [2.45, 2.75) is 20.3 Å². The number of rotatable bonds is 7. The summed E-state index contributed by atoms with van der Waals surface area (Å²) in [7, 11) is 1.66. The normalized spacial score (nSPS) is 10.4. The minimum Gasteiger partial charge on any atom is -0.490 e. The molecule has 7 heteroatoms. The zero-order chi connectivity index (χ0) is 15.2. The highest BCUT2D eigenvalue weighted by atomic mass is 16.5. The highest BCUT2D eigenvalue weighted by Gasteiger charge is 2.14. The molecule has 7 nitrogen and oxygen atoms in total. The number of aromatic nitrogens is 4. The van der Waals surface area contributed by atoms with Gasteiger partial charge in [0.05, 0.1) is 26.7 Å². The van der Waals surface area contributed by atoms with Crippen LogP contribution in [0.5, 0.6) is 11.5 Å². The van der Waals surface area contributed by atoms with Gasteiger partial charge in [0.25, 0.3) is 0 Å². The summed E-state index contributed by atoms with van der Waals surface area (Å²) in [5.41, 5.74) is 0.536. The fourth-order valence-electron chi connectivity index (χ4n) is 1.86. The zero-order valence-electron chi connectivity index (χ0n) is 12.4. The first-order valence-electron chi connectivity index (χ1n) is 6.79. The van der Waals surface area contributed by atoms with Crippen molar-refractivity contribution in [1.82, 2.24) is 20.2 Å². The molecule has 0 unspecified atom stereocenters. The van der Waals surface area contributed by atoms with Crippen molar-refractivity contribution in [2.75, 3.05) is 13.2 Å². The molecule has 1 aromatic carbocycles. The van der Waals surface area contributed by atoms with Gasteiger partial charge in [0.15, 0.2) is 23.1 Å². The van der Waals surface area contributed by atoms with E-state index in [4.69, 9.17) is 9.47 Å². The first-order valence-corrected chi connectivity index (χ1v) is 6.79. The number of carbonyl (C=O) groups is 1. The van der Waals surface area contributed by atoms with E-state index in [-0.39, 0.29) is 12.2 Å². The van der Waals surface area contributed by atoms with Gasteiger partial charge in [-0.05, 0) is 37.3 Å². The fourth-order valence-corrected chi connectivity index (χ4v) is 1.86. The third kappa shape index (κ3) is 3.77. The Bertz CT molecular complexity index is 624. The van der Waals surface area contributed by atoms with E-state index >= 15 is 0 Å². The van der Waals surface area contributed by atoms with E-state index in [0.717, 1.165) is 0 Å². The Kier molecular flexibility index (Phi) is 4.86. The summed E-state index contributed by atoms with van der Waals surface area (Å²) in [6.45, 7) is 4.82. The topological polar surface area (TPSA) is 79.1 Å².